The Kier molecular flexibility index (Phi) is 13.1. The van der Waals surface area contributed by atoms with E-state index in [9.17, 15) is 58.2 Å². The number of hydrogen-bond donors (Lipinski definition) is 8. The van der Waals surface area contributed by atoms with Gasteiger partial charge in [0.15, 0.2) is 49.5 Å². The molecule has 0 spiro atoms. The van der Waals surface area contributed by atoms with E-state index in [-0.39, 0.29) is 79.6 Å². The molecule has 5 aromatic rings. The van der Waals surface area contributed by atoms with Gasteiger partial charge in [0, 0.05) is 34.2 Å². The number of phenols is 4. The van der Waals surface area contributed by atoms with Gasteiger partial charge in [0.05, 0.1) is 4.90 Å². The van der Waals surface area contributed by atoms with Crippen molar-refractivity contribution < 1.29 is 63.1 Å². The van der Waals surface area contributed by atoms with Gasteiger partial charge in [-0.05, 0) is 42.8 Å². The van der Waals surface area contributed by atoms with Gasteiger partial charge in [0.2, 0.25) is 6.10 Å². The zero-order valence-electron chi connectivity index (χ0n) is 30.4. The molecule has 0 aliphatic carbocycles. The number of nitrogens with one attached hydrogen (secondary N) is 1. The molecule has 0 radical (unpaired) electrons. The molecular weight excluding hydrogens is 894 g/mol. The van der Waals surface area contributed by atoms with Crippen molar-refractivity contribution in [3.63, 3.8) is 0 Å². The van der Waals surface area contributed by atoms with Crippen molar-refractivity contribution in [1.82, 2.24) is 34.8 Å². The number of phenolic OH excluding ortho intramolecular Hbond substituents is 4. The Labute approximate surface area is 377 Å². The number of oxime groups is 1. The summed E-state index contributed by atoms with van der Waals surface area (Å²) in [4.78, 5) is 70.5. The number of amides is 2. The van der Waals surface area contributed by atoms with E-state index < -0.39 is 85.6 Å². The van der Waals surface area contributed by atoms with E-state index >= 15 is 0 Å². The number of thiazole rings is 1. The van der Waals surface area contributed by atoms with Gasteiger partial charge in [-0.15, -0.1) is 40.0 Å². The number of carbonyl (C=O) groups is 4. The minimum absolute atomic E-state index is 0. The Morgan fingerprint density at radius 2 is 1.74 bits per heavy atom. The number of rotatable bonds is 14. The van der Waals surface area contributed by atoms with Crippen LogP contribution in [0, 0.1) is 6.92 Å². The molecule has 0 bridgehead atoms. The summed E-state index contributed by atoms with van der Waals surface area (Å²) in [5.41, 5.74) is 5.45. The van der Waals surface area contributed by atoms with Crippen LogP contribution >= 0.6 is 34.9 Å². The number of benzene rings is 2. The number of sulfone groups is 1. The van der Waals surface area contributed by atoms with Crippen LogP contribution < -0.4 is 11.1 Å². The summed E-state index contributed by atoms with van der Waals surface area (Å²) in [5.74, 6) is -7.65. The van der Waals surface area contributed by atoms with Gasteiger partial charge in [-0.3, -0.25) is 14.5 Å². The van der Waals surface area contributed by atoms with Crippen molar-refractivity contribution in [3.8, 4) is 23.0 Å². The number of carboxylic acids is 2. The number of anilines is 1. The van der Waals surface area contributed by atoms with Gasteiger partial charge in [-0.2, -0.15) is 9.50 Å². The molecule has 3 atom stereocenters. The van der Waals surface area contributed by atoms with E-state index in [1.54, 1.807) is 13.0 Å². The molecule has 2 aliphatic heterocycles. The monoisotopic (exact) mass is 923 g/mol. The Morgan fingerprint density at radius 1 is 1.03 bits per heavy atom. The average molecular weight is 924 g/mol. The molecule has 1 saturated heterocycles. The number of carboxylic acid groups (broad SMARTS) is 2. The standard InChI is InChI=1S/C34H29N9O13S4.Na.H/c1-13-6-23(43-34(36-13)38-22(40-43)12-60(54,55)16-3-5-19(45)21(47)8-16)57-9-15-10-58-30-25(29(49)42(30)26(15)31(50)51)39-28(48)24(17-11-59-33(35)37-17)41-56-27(32(52)53)14-2-4-18(44)20(46)7-14;;/h2-8,11,25,27,30,44-47H,9-10,12H2,1H3,(H2,35,37)(H,39,48)(H,50,51)(H,52,53);;/b41-24-;;/t25-,27+,30-;;/m1../s1. The number of thioether (sulfide) groups is 2. The van der Waals surface area contributed by atoms with Crippen molar-refractivity contribution in [2.24, 2.45) is 5.16 Å². The first-order valence-electron chi connectivity index (χ1n) is 16.9. The van der Waals surface area contributed by atoms with E-state index in [0.29, 0.717) is 16.3 Å². The first-order valence-corrected chi connectivity index (χ1v) is 21.5. The van der Waals surface area contributed by atoms with Crippen LogP contribution in [0.25, 0.3) is 5.78 Å². The summed E-state index contributed by atoms with van der Waals surface area (Å²) in [6, 6.07) is 6.55. The molecule has 7 rings (SSSR count). The van der Waals surface area contributed by atoms with E-state index in [0.717, 1.165) is 76.2 Å². The minimum atomic E-state index is -4.07. The van der Waals surface area contributed by atoms with Crippen molar-refractivity contribution in [1.29, 1.82) is 0 Å². The van der Waals surface area contributed by atoms with E-state index in [1.807, 2.05) is 0 Å². The Hall–Kier alpha value is -5.64. The van der Waals surface area contributed by atoms with Gasteiger partial charge in [0.25, 0.3) is 17.6 Å². The molecule has 3 aromatic heterocycles. The number of aliphatic carboxylic acids is 2. The number of nitrogens with two attached hydrogens (primary N) is 1. The summed E-state index contributed by atoms with van der Waals surface area (Å²) >= 11 is 3.22. The fourth-order valence-corrected chi connectivity index (χ4v) is 10.2. The molecule has 0 unspecified atom stereocenters. The summed E-state index contributed by atoms with van der Waals surface area (Å²) < 4.78 is 27.4. The molecule has 27 heteroatoms. The average Bonchev–Trinajstić information content (AvgIpc) is 3.80. The first kappa shape index (κ1) is 44.9. The number of aryl methyl sites for hydroxylation is 1. The summed E-state index contributed by atoms with van der Waals surface area (Å²) in [6.45, 7) is 1.67. The molecule has 1 fully saturated rings. The number of β-lactam (4-membered cyclic amide) rings is 1. The molecule has 2 amide bonds. The van der Waals surface area contributed by atoms with Crippen molar-refractivity contribution in [2.75, 3.05) is 17.2 Å². The van der Waals surface area contributed by atoms with Crippen molar-refractivity contribution >= 4 is 115 Å². The third-order valence-corrected chi connectivity index (χ3v) is 13.5. The summed E-state index contributed by atoms with van der Waals surface area (Å²) in [7, 11) is -4.07. The fraction of sp³-hybridized carbons (Fsp3) is 0.206. The molecule has 5 heterocycles. The quantitative estimate of drug-likeness (QED) is 0.0144. The van der Waals surface area contributed by atoms with Crippen LogP contribution in [-0.4, -0.2) is 150 Å². The molecule has 314 valence electrons. The van der Waals surface area contributed by atoms with Gasteiger partial charge in [-0.25, -0.2) is 28.0 Å². The molecular formula is C34H30N9NaO13S4. The zero-order valence-corrected chi connectivity index (χ0v) is 33.6. The number of nitrogens with zero attached hydrogens (tertiary/aromatic N) is 7. The fourth-order valence-electron chi connectivity index (χ4n) is 5.93. The van der Waals surface area contributed by atoms with Crippen molar-refractivity contribution in [2.45, 2.75) is 40.1 Å². The summed E-state index contributed by atoms with van der Waals surface area (Å²) in [5, 5.41) is 70.4. The number of carbonyl (C=O) groups excluding carboxylic acids is 2. The van der Waals surface area contributed by atoms with E-state index in [1.165, 1.54) is 9.90 Å². The Morgan fingerprint density at radius 3 is 2.38 bits per heavy atom. The molecule has 9 N–H and O–H groups in total. The topological polar surface area (TPSA) is 343 Å². The molecule has 2 aromatic carbocycles. The molecule has 2 aliphatic rings. The van der Waals surface area contributed by atoms with Crippen LogP contribution in [0.3, 0.4) is 0 Å². The predicted octanol–water partition coefficient (Wildman–Crippen LogP) is 0.697. The first-order chi connectivity index (χ1) is 28.4. The van der Waals surface area contributed by atoms with Gasteiger partial charge in [0.1, 0.15) is 33.6 Å². The molecule has 0 saturated carbocycles. The third-order valence-electron chi connectivity index (χ3n) is 8.76. The van der Waals surface area contributed by atoms with Crippen LogP contribution in [0.4, 0.5) is 5.13 Å². The van der Waals surface area contributed by atoms with Crippen LogP contribution in [0.2, 0.25) is 0 Å². The maximum absolute atomic E-state index is 13.6. The second kappa shape index (κ2) is 17.8. The number of aromatic nitrogens is 5. The zero-order chi connectivity index (χ0) is 43.2. The third kappa shape index (κ3) is 9.19. The number of fused-ring (bicyclic) bond motifs is 2. The molecule has 61 heavy (non-hydrogen) atoms. The Balaban J connectivity index is 0.00000622. The normalized spacial score (nSPS) is 17.0. The van der Waals surface area contributed by atoms with Gasteiger partial charge < -0.3 is 46.5 Å². The predicted molar refractivity (Wildman–Crippen MR) is 218 cm³/mol. The van der Waals surface area contributed by atoms with Gasteiger partial charge >= 0.3 is 41.5 Å². The SMILES string of the molecule is Cc1cc(SCC2=C(C(=O)O)N3C(=O)[C@@H](NC(=O)/C(=N\O[C@H](C(=O)O)c4ccc(O)c(O)c4)c4csc(N)n4)[C@H]3SC2)n2nc(CS(=O)(=O)c3ccc(O)c(O)c3)nc2n1.[NaH]. The number of aromatic hydroxyl groups is 4. The van der Waals surface area contributed by atoms with Crippen LogP contribution in [-0.2, 0) is 39.6 Å². The van der Waals surface area contributed by atoms with Gasteiger partial charge in [-0.1, -0.05) is 11.2 Å². The number of nitrogen functional groups attached to an aromatic ring is 1. The van der Waals surface area contributed by atoms with Crippen LogP contribution in [0.15, 0.2) is 74.2 Å². The second-order valence-corrected chi connectivity index (χ2v) is 17.9. The van der Waals surface area contributed by atoms with Crippen LogP contribution in [0.1, 0.15) is 28.9 Å². The van der Waals surface area contributed by atoms with Crippen molar-refractivity contribution in [3.05, 3.63) is 81.9 Å². The molecule has 22 nitrogen and oxygen atoms in total. The Bertz CT molecular complexity index is 2800. The maximum atomic E-state index is 13.6. The summed E-state index contributed by atoms with van der Waals surface area (Å²) in [6.07, 6.45) is -1.87. The number of hydrogen-bond acceptors (Lipinski definition) is 20. The van der Waals surface area contributed by atoms with E-state index in [4.69, 9.17) is 10.6 Å². The van der Waals surface area contributed by atoms with Crippen LogP contribution in [0.5, 0.6) is 23.0 Å². The second-order valence-electron chi connectivity index (χ2n) is 12.9. The van der Waals surface area contributed by atoms with E-state index in [2.05, 4.69) is 30.5 Å².